The van der Waals surface area contributed by atoms with Gasteiger partial charge in [0.05, 0.1) is 11.4 Å². The molecule has 0 aromatic carbocycles. The van der Waals surface area contributed by atoms with Gasteiger partial charge >= 0.3 is 6.18 Å². The fraction of sp³-hybridized carbons (Fsp3) is 0.640. The van der Waals surface area contributed by atoms with Crippen LogP contribution in [0.5, 0.6) is 5.75 Å². The Kier molecular flexibility index (Phi) is 8.33. The number of halogens is 3. The van der Waals surface area contributed by atoms with Crippen molar-refractivity contribution >= 4 is 12.4 Å². The van der Waals surface area contributed by atoms with E-state index in [0.717, 1.165) is 25.7 Å². The Morgan fingerprint density at radius 3 is 2.59 bits per heavy atom. The molecule has 2 saturated carbocycles. The predicted octanol–water partition coefficient (Wildman–Crippen LogP) is 4.09. The number of carbonyl (C=O) groups is 2. The van der Waals surface area contributed by atoms with Crippen molar-refractivity contribution in [2.75, 3.05) is 7.05 Å². The number of carbonyl (C=O) groups excluding carboxylic acids is 2. The van der Waals surface area contributed by atoms with E-state index >= 15 is 0 Å². The average Bonchev–Trinajstić information content (AvgIpc) is 3.52. The largest absolute Gasteiger partial charge is 0.488 e. The molecule has 2 aliphatic carbocycles. The molecule has 12 heteroatoms. The SMILES string of the molecule is CN(C(=O)CCc1nnn(C)c1-c1ccc(O[C@H]2CCC[C@H](OC=O)C2)c(C(F)(F)F)n1)C1CCCC1. The Hall–Kier alpha value is -3.18. The van der Waals surface area contributed by atoms with Crippen LogP contribution in [-0.4, -0.2) is 62.6 Å². The molecule has 0 saturated heterocycles. The van der Waals surface area contributed by atoms with Crippen LogP contribution in [0.25, 0.3) is 11.4 Å². The normalized spacial score (nSPS) is 20.6. The lowest BCUT2D eigenvalue weighted by Gasteiger charge is -2.29. The van der Waals surface area contributed by atoms with Crippen LogP contribution >= 0.6 is 0 Å². The number of amides is 1. The van der Waals surface area contributed by atoms with Gasteiger partial charge in [0.25, 0.3) is 6.47 Å². The van der Waals surface area contributed by atoms with Crippen LogP contribution in [0.15, 0.2) is 12.1 Å². The van der Waals surface area contributed by atoms with Gasteiger partial charge in [0.15, 0.2) is 11.4 Å². The molecule has 0 spiro atoms. The monoisotopic (exact) mass is 523 g/mol. The van der Waals surface area contributed by atoms with Gasteiger partial charge < -0.3 is 14.4 Å². The van der Waals surface area contributed by atoms with E-state index in [9.17, 15) is 22.8 Å². The van der Waals surface area contributed by atoms with E-state index in [-0.39, 0.29) is 42.3 Å². The fourth-order valence-electron chi connectivity index (χ4n) is 5.25. The summed E-state index contributed by atoms with van der Waals surface area (Å²) in [5.41, 5.74) is -0.367. The first-order valence-corrected chi connectivity index (χ1v) is 12.7. The van der Waals surface area contributed by atoms with Crippen molar-refractivity contribution in [3.63, 3.8) is 0 Å². The van der Waals surface area contributed by atoms with E-state index in [1.807, 2.05) is 0 Å². The minimum Gasteiger partial charge on any atom is -0.488 e. The van der Waals surface area contributed by atoms with Crippen LogP contribution in [0, 0.1) is 0 Å². The summed E-state index contributed by atoms with van der Waals surface area (Å²) in [6.45, 7) is 0.352. The lowest BCUT2D eigenvalue weighted by Crippen LogP contribution is -2.35. The Balaban J connectivity index is 1.53. The number of nitrogens with zero attached hydrogens (tertiary/aromatic N) is 5. The zero-order valence-electron chi connectivity index (χ0n) is 21.0. The van der Waals surface area contributed by atoms with Crippen LogP contribution in [0.4, 0.5) is 13.2 Å². The summed E-state index contributed by atoms with van der Waals surface area (Å²) < 4.78 is 54.1. The summed E-state index contributed by atoms with van der Waals surface area (Å²) in [6.07, 6.45) is 1.14. The lowest BCUT2D eigenvalue weighted by atomic mass is 9.95. The fourth-order valence-corrected chi connectivity index (χ4v) is 5.25. The second-order valence-electron chi connectivity index (χ2n) is 9.75. The van der Waals surface area contributed by atoms with Crippen LogP contribution in [0.2, 0.25) is 0 Å². The van der Waals surface area contributed by atoms with Crippen molar-refractivity contribution in [1.82, 2.24) is 24.9 Å². The number of aromatic nitrogens is 4. The van der Waals surface area contributed by atoms with Crippen LogP contribution in [0.1, 0.15) is 69.2 Å². The summed E-state index contributed by atoms with van der Waals surface area (Å²) in [7, 11) is 3.37. The van der Waals surface area contributed by atoms with E-state index in [2.05, 4.69) is 15.3 Å². The molecule has 0 bridgehead atoms. The molecule has 202 valence electrons. The third kappa shape index (κ3) is 6.40. The van der Waals surface area contributed by atoms with Gasteiger partial charge in [0.2, 0.25) is 5.91 Å². The Bertz CT molecular complexity index is 1100. The zero-order chi connectivity index (χ0) is 26.6. The standard InChI is InChI=1S/C25H32F3N5O4/c1-32(16-6-3-4-7-16)22(35)13-11-20-23(33(2)31-30-20)19-10-12-21(24(29-19)25(26,27)28)37-18-9-5-8-17(14-18)36-15-34/h10,12,15-18H,3-9,11,13-14H2,1-2H3/t17-,18-/m0/s1. The maximum Gasteiger partial charge on any atom is 0.437 e. The maximum absolute atomic E-state index is 14.0. The molecule has 2 heterocycles. The van der Waals surface area contributed by atoms with Crippen LogP contribution < -0.4 is 4.74 Å². The molecule has 2 aromatic rings. The summed E-state index contributed by atoms with van der Waals surface area (Å²) in [5.74, 6) is -0.404. The van der Waals surface area contributed by atoms with Crippen LogP contribution in [-0.2, 0) is 34.0 Å². The van der Waals surface area contributed by atoms with E-state index < -0.39 is 18.0 Å². The van der Waals surface area contributed by atoms with E-state index in [1.54, 1.807) is 19.0 Å². The highest BCUT2D eigenvalue weighted by atomic mass is 19.4. The van der Waals surface area contributed by atoms with Crippen molar-refractivity contribution in [1.29, 1.82) is 0 Å². The Labute approximate surface area is 213 Å². The zero-order valence-corrected chi connectivity index (χ0v) is 21.0. The number of rotatable bonds is 9. The highest BCUT2D eigenvalue weighted by molar-refractivity contribution is 5.76. The van der Waals surface area contributed by atoms with Crippen molar-refractivity contribution in [2.24, 2.45) is 7.05 Å². The molecule has 0 unspecified atom stereocenters. The van der Waals surface area contributed by atoms with Gasteiger partial charge in [0.1, 0.15) is 17.9 Å². The number of ether oxygens (including phenoxy) is 2. The molecule has 1 amide bonds. The summed E-state index contributed by atoms with van der Waals surface area (Å²) in [4.78, 5) is 29.0. The number of hydrogen-bond acceptors (Lipinski definition) is 7. The second-order valence-corrected chi connectivity index (χ2v) is 9.75. The molecule has 0 aliphatic heterocycles. The molecule has 0 radical (unpaired) electrons. The first kappa shape index (κ1) is 26.9. The number of pyridine rings is 1. The smallest absolute Gasteiger partial charge is 0.437 e. The summed E-state index contributed by atoms with van der Waals surface area (Å²) >= 11 is 0. The second kappa shape index (κ2) is 11.5. The number of alkyl halides is 3. The molecule has 9 nitrogen and oxygen atoms in total. The topological polar surface area (TPSA) is 99.4 Å². The first-order chi connectivity index (χ1) is 17.7. The van der Waals surface area contributed by atoms with Gasteiger partial charge in [-0.2, -0.15) is 13.2 Å². The third-order valence-electron chi connectivity index (χ3n) is 7.23. The molecular formula is C25H32F3N5O4. The highest BCUT2D eigenvalue weighted by Crippen LogP contribution is 2.38. The molecule has 4 rings (SSSR count). The van der Waals surface area contributed by atoms with Gasteiger partial charge in [-0.1, -0.05) is 18.1 Å². The molecule has 2 aliphatic rings. The Morgan fingerprint density at radius 2 is 1.89 bits per heavy atom. The lowest BCUT2D eigenvalue weighted by molar-refractivity contribution is -0.143. The molecule has 0 N–H and O–H groups in total. The van der Waals surface area contributed by atoms with E-state index in [0.29, 0.717) is 43.5 Å². The van der Waals surface area contributed by atoms with Crippen molar-refractivity contribution < 1.29 is 32.2 Å². The summed E-state index contributed by atoms with van der Waals surface area (Å²) in [6, 6.07) is 2.94. The van der Waals surface area contributed by atoms with E-state index in [4.69, 9.17) is 9.47 Å². The average molecular weight is 524 g/mol. The minimum atomic E-state index is -4.76. The molecule has 2 fully saturated rings. The van der Waals surface area contributed by atoms with Gasteiger partial charge in [-0.05, 0) is 44.2 Å². The number of hydrogen-bond donors (Lipinski definition) is 0. The molecule has 37 heavy (non-hydrogen) atoms. The molecule has 2 atom stereocenters. The number of aryl methyl sites for hydroxylation is 2. The summed E-state index contributed by atoms with van der Waals surface area (Å²) in [5, 5.41) is 8.08. The quantitative estimate of drug-likeness (QED) is 0.457. The van der Waals surface area contributed by atoms with Gasteiger partial charge in [0, 0.05) is 39.4 Å². The maximum atomic E-state index is 14.0. The predicted molar refractivity (Wildman–Crippen MR) is 126 cm³/mol. The molecule has 2 aromatic heterocycles. The molecular weight excluding hydrogens is 491 g/mol. The van der Waals surface area contributed by atoms with Crippen LogP contribution in [0.3, 0.4) is 0 Å². The van der Waals surface area contributed by atoms with Gasteiger partial charge in [-0.25, -0.2) is 9.67 Å². The first-order valence-electron chi connectivity index (χ1n) is 12.7. The highest BCUT2D eigenvalue weighted by Gasteiger charge is 2.38. The van der Waals surface area contributed by atoms with Gasteiger partial charge in [-0.3, -0.25) is 9.59 Å². The van der Waals surface area contributed by atoms with E-state index in [1.165, 1.54) is 16.8 Å². The van der Waals surface area contributed by atoms with Crippen molar-refractivity contribution in [2.45, 2.75) is 88.6 Å². The van der Waals surface area contributed by atoms with Crippen molar-refractivity contribution in [3.05, 3.63) is 23.5 Å². The third-order valence-corrected chi connectivity index (χ3v) is 7.23. The Morgan fingerprint density at radius 1 is 1.16 bits per heavy atom. The minimum absolute atomic E-state index is 0.0273. The van der Waals surface area contributed by atoms with Gasteiger partial charge in [-0.15, -0.1) is 5.10 Å². The van der Waals surface area contributed by atoms with Crippen molar-refractivity contribution in [3.8, 4) is 17.1 Å².